The first-order valence-electron chi connectivity index (χ1n) is 6.88. The number of nitrogens with zero attached hydrogens (tertiary/aromatic N) is 1. The Balaban J connectivity index is 1.97. The molecule has 0 aliphatic heterocycles. The molecule has 0 aliphatic carbocycles. The molecule has 0 fully saturated rings. The van der Waals surface area contributed by atoms with E-state index in [4.69, 9.17) is 5.26 Å². The standard InChI is InChI=1S/C17H16FN3O/c1-12(17(22)20-11-13-6-3-2-4-7-13)21-16-9-5-8-15(18)14(16)10-19/h2-9,12,21H,11H2,1H3,(H,20,22). The maximum absolute atomic E-state index is 13.5. The van der Waals surface area contributed by atoms with Crippen molar-refractivity contribution in [2.75, 3.05) is 5.32 Å². The number of hydrogen-bond donors (Lipinski definition) is 2. The number of rotatable bonds is 5. The molecule has 0 aliphatic rings. The molecule has 0 bridgehead atoms. The third-order valence-corrected chi connectivity index (χ3v) is 3.20. The summed E-state index contributed by atoms with van der Waals surface area (Å²) in [5, 5.41) is 14.6. The van der Waals surface area contributed by atoms with Crippen LogP contribution in [0.5, 0.6) is 0 Å². The zero-order chi connectivity index (χ0) is 15.9. The fraction of sp³-hybridized carbons (Fsp3) is 0.176. The second kappa shape index (κ2) is 7.23. The highest BCUT2D eigenvalue weighted by Gasteiger charge is 2.15. The van der Waals surface area contributed by atoms with Crippen molar-refractivity contribution < 1.29 is 9.18 Å². The zero-order valence-electron chi connectivity index (χ0n) is 12.1. The number of benzene rings is 2. The van der Waals surface area contributed by atoms with Gasteiger partial charge in [0.1, 0.15) is 23.5 Å². The van der Waals surface area contributed by atoms with Gasteiger partial charge in [0.2, 0.25) is 5.91 Å². The predicted molar refractivity (Wildman–Crippen MR) is 82.5 cm³/mol. The molecule has 5 heteroatoms. The lowest BCUT2D eigenvalue weighted by atomic mass is 10.1. The van der Waals surface area contributed by atoms with Crippen LogP contribution in [-0.2, 0) is 11.3 Å². The number of carbonyl (C=O) groups excluding carboxylic acids is 1. The van der Waals surface area contributed by atoms with Gasteiger partial charge < -0.3 is 10.6 Å². The van der Waals surface area contributed by atoms with E-state index in [2.05, 4.69) is 10.6 Å². The third-order valence-electron chi connectivity index (χ3n) is 3.20. The van der Waals surface area contributed by atoms with Crippen LogP contribution in [-0.4, -0.2) is 11.9 Å². The fourth-order valence-electron chi connectivity index (χ4n) is 1.99. The number of halogens is 1. The van der Waals surface area contributed by atoms with Crippen LogP contribution in [0.25, 0.3) is 0 Å². The van der Waals surface area contributed by atoms with E-state index in [1.54, 1.807) is 19.1 Å². The second-order valence-corrected chi connectivity index (χ2v) is 4.84. The van der Waals surface area contributed by atoms with E-state index in [1.165, 1.54) is 12.1 Å². The van der Waals surface area contributed by atoms with Gasteiger partial charge in [0.25, 0.3) is 0 Å². The lowest BCUT2D eigenvalue weighted by Gasteiger charge is -2.16. The number of nitriles is 1. The van der Waals surface area contributed by atoms with Crippen molar-refractivity contribution in [1.82, 2.24) is 5.32 Å². The molecule has 2 aromatic rings. The SMILES string of the molecule is CC(Nc1cccc(F)c1C#N)C(=O)NCc1ccccc1. The molecule has 0 saturated heterocycles. The van der Waals surface area contributed by atoms with Gasteiger partial charge in [-0.15, -0.1) is 0 Å². The summed E-state index contributed by atoms with van der Waals surface area (Å²) in [7, 11) is 0. The second-order valence-electron chi connectivity index (χ2n) is 4.84. The maximum atomic E-state index is 13.5. The van der Waals surface area contributed by atoms with Crippen LogP contribution in [0.1, 0.15) is 18.1 Å². The van der Waals surface area contributed by atoms with Crippen molar-refractivity contribution in [2.45, 2.75) is 19.5 Å². The Labute approximate surface area is 128 Å². The minimum absolute atomic E-state index is 0.0924. The average molecular weight is 297 g/mol. The highest BCUT2D eigenvalue weighted by Crippen LogP contribution is 2.18. The van der Waals surface area contributed by atoms with Crippen LogP contribution in [0.15, 0.2) is 48.5 Å². The minimum atomic E-state index is -0.607. The Morgan fingerprint density at radius 2 is 1.95 bits per heavy atom. The summed E-state index contributed by atoms with van der Waals surface area (Å²) in [4.78, 5) is 12.1. The first kappa shape index (κ1) is 15.5. The van der Waals surface area contributed by atoms with Gasteiger partial charge in [-0.05, 0) is 24.6 Å². The maximum Gasteiger partial charge on any atom is 0.242 e. The molecule has 2 aromatic carbocycles. The summed E-state index contributed by atoms with van der Waals surface area (Å²) >= 11 is 0. The molecule has 1 unspecified atom stereocenters. The van der Waals surface area contributed by atoms with Crippen LogP contribution < -0.4 is 10.6 Å². The van der Waals surface area contributed by atoms with Gasteiger partial charge in [-0.1, -0.05) is 36.4 Å². The van der Waals surface area contributed by atoms with E-state index in [-0.39, 0.29) is 11.5 Å². The number of anilines is 1. The van der Waals surface area contributed by atoms with Gasteiger partial charge >= 0.3 is 0 Å². The largest absolute Gasteiger partial charge is 0.373 e. The van der Waals surface area contributed by atoms with Crippen molar-refractivity contribution in [3.05, 3.63) is 65.5 Å². The Kier molecular flexibility index (Phi) is 5.10. The highest BCUT2D eigenvalue weighted by molar-refractivity contribution is 5.84. The van der Waals surface area contributed by atoms with E-state index in [0.717, 1.165) is 5.56 Å². The average Bonchev–Trinajstić information content (AvgIpc) is 2.53. The highest BCUT2D eigenvalue weighted by atomic mass is 19.1. The summed E-state index contributed by atoms with van der Waals surface area (Å²) in [6.45, 7) is 2.08. The molecule has 0 aromatic heterocycles. The molecule has 0 spiro atoms. The van der Waals surface area contributed by atoms with Gasteiger partial charge in [-0.25, -0.2) is 4.39 Å². The number of hydrogen-bond acceptors (Lipinski definition) is 3. The van der Waals surface area contributed by atoms with E-state index >= 15 is 0 Å². The molecule has 112 valence electrons. The number of nitrogens with one attached hydrogen (secondary N) is 2. The lowest BCUT2D eigenvalue weighted by molar-refractivity contribution is -0.121. The van der Waals surface area contributed by atoms with Crippen LogP contribution in [0.2, 0.25) is 0 Å². The first-order chi connectivity index (χ1) is 10.6. The van der Waals surface area contributed by atoms with E-state index < -0.39 is 11.9 Å². The monoisotopic (exact) mass is 297 g/mol. The molecule has 1 atom stereocenters. The summed E-state index contributed by atoms with van der Waals surface area (Å²) in [5.41, 5.74) is 1.21. The summed E-state index contributed by atoms with van der Waals surface area (Å²) in [5.74, 6) is -0.832. The van der Waals surface area contributed by atoms with Gasteiger partial charge in [-0.2, -0.15) is 5.26 Å². The molecule has 4 nitrogen and oxygen atoms in total. The van der Waals surface area contributed by atoms with Gasteiger partial charge in [0, 0.05) is 6.54 Å². The van der Waals surface area contributed by atoms with Gasteiger partial charge in [-0.3, -0.25) is 4.79 Å². The summed E-state index contributed by atoms with van der Waals surface area (Å²) in [6, 6.07) is 15.0. The Bertz CT molecular complexity index is 695. The molecule has 22 heavy (non-hydrogen) atoms. The molecule has 0 heterocycles. The molecule has 0 saturated carbocycles. The molecular weight excluding hydrogens is 281 g/mol. The topological polar surface area (TPSA) is 64.9 Å². The summed E-state index contributed by atoms with van der Waals surface area (Å²) < 4.78 is 13.5. The van der Waals surface area contributed by atoms with E-state index in [9.17, 15) is 9.18 Å². The Morgan fingerprint density at radius 1 is 1.23 bits per heavy atom. The summed E-state index contributed by atoms with van der Waals surface area (Å²) in [6.07, 6.45) is 0. The smallest absolute Gasteiger partial charge is 0.242 e. The Hall–Kier alpha value is -2.87. The predicted octanol–water partition coefficient (Wildman–Crippen LogP) is 2.81. The van der Waals surface area contributed by atoms with Crippen molar-refractivity contribution in [2.24, 2.45) is 0 Å². The first-order valence-corrected chi connectivity index (χ1v) is 6.88. The molecule has 2 N–H and O–H groups in total. The van der Waals surface area contributed by atoms with Crippen molar-refractivity contribution in [3.8, 4) is 6.07 Å². The van der Waals surface area contributed by atoms with Gasteiger partial charge in [0.05, 0.1) is 5.69 Å². The van der Waals surface area contributed by atoms with Gasteiger partial charge in [0.15, 0.2) is 0 Å². The molecule has 1 amide bonds. The minimum Gasteiger partial charge on any atom is -0.373 e. The fourth-order valence-corrected chi connectivity index (χ4v) is 1.99. The van der Waals surface area contributed by atoms with E-state index in [0.29, 0.717) is 12.2 Å². The third kappa shape index (κ3) is 3.83. The number of carbonyl (C=O) groups is 1. The van der Waals surface area contributed by atoms with Crippen LogP contribution in [0, 0.1) is 17.1 Å². The normalized spacial score (nSPS) is 11.3. The van der Waals surface area contributed by atoms with Crippen LogP contribution >= 0.6 is 0 Å². The number of amides is 1. The lowest BCUT2D eigenvalue weighted by Crippen LogP contribution is -2.37. The van der Waals surface area contributed by atoms with Crippen molar-refractivity contribution in [3.63, 3.8) is 0 Å². The Morgan fingerprint density at radius 3 is 2.64 bits per heavy atom. The van der Waals surface area contributed by atoms with Crippen LogP contribution in [0.4, 0.5) is 10.1 Å². The van der Waals surface area contributed by atoms with Crippen molar-refractivity contribution in [1.29, 1.82) is 5.26 Å². The van der Waals surface area contributed by atoms with E-state index in [1.807, 2.05) is 30.3 Å². The quantitative estimate of drug-likeness (QED) is 0.892. The zero-order valence-corrected chi connectivity index (χ0v) is 12.1. The molecular formula is C17H16FN3O. The van der Waals surface area contributed by atoms with Crippen molar-refractivity contribution >= 4 is 11.6 Å². The van der Waals surface area contributed by atoms with Crippen LogP contribution in [0.3, 0.4) is 0 Å². The molecule has 2 rings (SSSR count). The molecule has 0 radical (unpaired) electrons.